The number of nitrogens with zero attached hydrogens (tertiary/aromatic N) is 3. The van der Waals surface area contributed by atoms with Crippen LogP contribution in [0.2, 0.25) is 0 Å². The summed E-state index contributed by atoms with van der Waals surface area (Å²) in [6, 6.07) is 48.3. The Kier molecular flexibility index (Phi) is 11.0. The number of β-lactam (4-membered cyclic amide) rings is 1. The van der Waals surface area contributed by atoms with Gasteiger partial charge in [-0.15, -0.1) is 23.1 Å². The molecule has 2 unspecified atom stereocenters. The van der Waals surface area contributed by atoms with Gasteiger partial charge in [-0.25, -0.2) is 9.78 Å². The molecule has 2 atom stereocenters. The number of aromatic nitrogens is 1. The van der Waals surface area contributed by atoms with Gasteiger partial charge in [-0.3, -0.25) is 14.5 Å². The lowest BCUT2D eigenvalue weighted by atomic mass is 9.77. The lowest BCUT2D eigenvalue weighted by Gasteiger charge is -2.48. The number of rotatable bonds is 13. The van der Waals surface area contributed by atoms with Crippen molar-refractivity contribution in [2.24, 2.45) is 5.16 Å². The van der Waals surface area contributed by atoms with E-state index in [4.69, 9.17) is 14.6 Å². The molecule has 2 aliphatic heterocycles. The third kappa shape index (κ3) is 7.44. The van der Waals surface area contributed by atoms with Crippen molar-refractivity contribution in [1.29, 1.82) is 0 Å². The molecule has 0 bridgehead atoms. The smallest absolute Gasteiger partial charge is 0.355 e. The number of carbonyl (C=O) groups is 3. The zero-order chi connectivity index (χ0) is 39.2. The largest absolute Gasteiger partial charge is 0.448 e. The van der Waals surface area contributed by atoms with Crippen LogP contribution in [0.25, 0.3) is 0 Å². The summed E-state index contributed by atoms with van der Waals surface area (Å²) in [5, 5.41) is 12.3. The number of carbonyl (C=O) groups excluding carboxylic acids is 3. The van der Waals surface area contributed by atoms with Crippen molar-refractivity contribution in [3.8, 4) is 0 Å². The van der Waals surface area contributed by atoms with E-state index in [1.54, 1.807) is 11.5 Å². The second-order valence-corrected chi connectivity index (χ2v) is 15.2. The quantitative estimate of drug-likeness (QED) is 0.0406. The first kappa shape index (κ1) is 37.4. The summed E-state index contributed by atoms with van der Waals surface area (Å²) in [4.78, 5) is 52.7. The van der Waals surface area contributed by atoms with Crippen LogP contribution in [0.4, 0.5) is 5.13 Å². The average Bonchev–Trinajstić information content (AvgIpc) is 3.74. The molecule has 8 rings (SSSR count). The monoisotopic (exact) mass is 791 g/mol. The van der Waals surface area contributed by atoms with Crippen LogP contribution in [-0.2, 0) is 29.5 Å². The van der Waals surface area contributed by atoms with Crippen LogP contribution in [0.3, 0.4) is 0 Å². The fourth-order valence-electron chi connectivity index (χ4n) is 7.17. The molecule has 0 spiro atoms. The first-order valence-electron chi connectivity index (χ1n) is 18.3. The minimum absolute atomic E-state index is 0.0951. The van der Waals surface area contributed by atoms with Crippen LogP contribution in [0, 0.1) is 0 Å². The highest BCUT2D eigenvalue weighted by molar-refractivity contribution is 8.00. The summed E-state index contributed by atoms with van der Waals surface area (Å²) < 4.78 is 6.08. The summed E-state index contributed by atoms with van der Waals surface area (Å²) >= 11 is 2.75. The number of ether oxygens (including phenoxy) is 1. The molecule has 5 aromatic carbocycles. The lowest BCUT2D eigenvalue weighted by Crippen LogP contribution is -2.70. The lowest BCUT2D eigenvalue weighted by molar-refractivity contribution is -0.154. The molecule has 57 heavy (non-hydrogen) atoms. The van der Waals surface area contributed by atoms with E-state index in [-0.39, 0.29) is 17.1 Å². The van der Waals surface area contributed by atoms with E-state index in [0.29, 0.717) is 10.9 Å². The standard InChI is InChI=1S/C45H37N5O5S2/c1-54-49-37(35-29-57-44(46-35)48-45(32-21-11-4-12-22-32,33-23-13-5-14-24-33)34-25-15-6-16-26-34)40(51)47-38-41(52)50-36(27-28-56-42(38)50)43(53)55-39(30-17-7-2-8-18-30)31-19-9-3-10-20-31/h2-27,29,38-39,42H,28H2,1H3,(H,46,48)(H,47,51). The number of benzene rings is 5. The third-order valence-electron chi connectivity index (χ3n) is 9.83. The Hall–Kier alpha value is -6.50. The van der Waals surface area contributed by atoms with Gasteiger partial charge in [0, 0.05) is 11.1 Å². The highest BCUT2D eigenvalue weighted by Crippen LogP contribution is 2.41. The molecule has 1 aromatic heterocycles. The number of nitrogens with one attached hydrogen (secondary N) is 2. The molecular formula is C45H37N5O5S2. The molecule has 0 aliphatic carbocycles. The summed E-state index contributed by atoms with van der Waals surface area (Å²) in [5.74, 6) is -1.26. The zero-order valence-corrected chi connectivity index (χ0v) is 32.4. The molecule has 3 heterocycles. The van der Waals surface area contributed by atoms with Gasteiger partial charge < -0.3 is 20.2 Å². The fraction of sp³-hybridized carbons (Fsp3) is 0.133. The maximum absolute atomic E-state index is 13.9. The van der Waals surface area contributed by atoms with Gasteiger partial charge in [0.05, 0.1) is 0 Å². The average molecular weight is 792 g/mol. The predicted molar refractivity (Wildman–Crippen MR) is 222 cm³/mol. The van der Waals surface area contributed by atoms with Crippen LogP contribution < -0.4 is 10.6 Å². The van der Waals surface area contributed by atoms with E-state index >= 15 is 0 Å². The molecule has 6 aromatic rings. The molecule has 1 fully saturated rings. The molecule has 0 saturated carbocycles. The summed E-state index contributed by atoms with van der Waals surface area (Å²) in [6.07, 6.45) is 1.01. The summed E-state index contributed by atoms with van der Waals surface area (Å²) in [6.45, 7) is 0. The molecule has 0 radical (unpaired) electrons. The molecule has 12 heteroatoms. The number of anilines is 1. The van der Waals surface area contributed by atoms with Crippen LogP contribution >= 0.6 is 23.1 Å². The topological polar surface area (TPSA) is 122 Å². The number of oxime groups is 1. The minimum Gasteiger partial charge on any atom is -0.448 e. The molecule has 1 saturated heterocycles. The first-order chi connectivity index (χ1) is 28.0. The highest BCUT2D eigenvalue weighted by Gasteiger charge is 2.53. The Labute approximate surface area is 338 Å². The van der Waals surface area contributed by atoms with Crippen molar-refractivity contribution in [1.82, 2.24) is 15.2 Å². The number of thiazole rings is 1. The molecule has 2 N–H and O–H groups in total. The molecule has 10 nitrogen and oxygen atoms in total. The number of hydrogen-bond acceptors (Lipinski definition) is 10. The van der Waals surface area contributed by atoms with E-state index in [1.165, 1.54) is 35.1 Å². The SMILES string of the molecule is CON=C(C(=O)NC1C(=O)N2C(C(=O)OC(c3ccccc3)c3ccccc3)=CCSC12)c1csc(NC(c2ccccc2)(c2ccccc2)c2ccccc2)n1. The Morgan fingerprint density at radius 2 is 1.30 bits per heavy atom. The second-order valence-electron chi connectivity index (χ2n) is 13.2. The Morgan fingerprint density at radius 3 is 1.81 bits per heavy atom. The fourth-order valence-corrected chi connectivity index (χ4v) is 9.11. The normalized spacial score (nSPS) is 16.5. The van der Waals surface area contributed by atoms with Gasteiger partial charge >= 0.3 is 5.97 Å². The van der Waals surface area contributed by atoms with Gasteiger partial charge in [0.1, 0.15) is 35.5 Å². The summed E-state index contributed by atoms with van der Waals surface area (Å²) in [5.41, 5.74) is 4.06. The van der Waals surface area contributed by atoms with Crippen molar-refractivity contribution in [3.63, 3.8) is 0 Å². The molecular weight excluding hydrogens is 755 g/mol. The van der Waals surface area contributed by atoms with E-state index in [1.807, 2.05) is 115 Å². The van der Waals surface area contributed by atoms with Crippen LogP contribution in [0.5, 0.6) is 0 Å². The van der Waals surface area contributed by atoms with Gasteiger partial charge in [0.25, 0.3) is 11.8 Å². The van der Waals surface area contributed by atoms with Crippen molar-refractivity contribution < 1.29 is 24.0 Å². The molecule has 2 amide bonds. The predicted octanol–water partition coefficient (Wildman–Crippen LogP) is 7.51. The van der Waals surface area contributed by atoms with Gasteiger partial charge in [0.2, 0.25) is 0 Å². The van der Waals surface area contributed by atoms with Gasteiger partial charge in [-0.2, -0.15) is 0 Å². The number of thioether (sulfide) groups is 1. The van der Waals surface area contributed by atoms with E-state index in [2.05, 4.69) is 52.2 Å². The minimum atomic E-state index is -0.918. The zero-order valence-electron chi connectivity index (χ0n) is 30.7. The summed E-state index contributed by atoms with van der Waals surface area (Å²) in [7, 11) is 1.35. The number of amides is 2. The van der Waals surface area contributed by atoms with Crippen molar-refractivity contribution in [3.05, 3.63) is 202 Å². The Bertz CT molecular complexity index is 2280. The van der Waals surface area contributed by atoms with E-state index < -0.39 is 40.8 Å². The van der Waals surface area contributed by atoms with Crippen LogP contribution in [0.1, 0.15) is 39.6 Å². The maximum atomic E-state index is 13.9. The van der Waals surface area contributed by atoms with Crippen molar-refractivity contribution >= 4 is 51.7 Å². The van der Waals surface area contributed by atoms with Crippen LogP contribution in [-0.4, -0.2) is 57.7 Å². The van der Waals surface area contributed by atoms with Crippen molar-refractivity contribution in [2.75, 3.05) is 18.2 Å². The van der Waals surface area contributed by atoms with E-state index in [9.17, 15) is 14.4 Å². The van der Waals surface area contributed by atoms with E-state index in [0.717, 1.165) is 27.8 Å². The number of esters is 1. The van der Waals surface area contributed by atoms with Crippen molar-refractivity contribution in [2.45, 2.75) is 23.1 Å². The first-order valence-corrected chi connectivity index (χ1v) is 20.2. The van der Waals surface area contributed by atoms with Gasteiger partial charge in [0.15, 0.2) is 16.9 Å². The Morgan fingerprint density at radius 1 is 0.789 bits per heavy atom. The Balaban J connectivity index is 1.01. The number of fused-ring (bicyclic) bond motifs is 1. The number of hydrogen-bond donors (Lipinski definition) is 2. The second kappa shape index (κ2) is 16.7. The van der Waals surface area contributed by atoms with Gasteiger partial charge in [-0.1, -0.05) is 157 Å². The third-order valence-corrected chi connectivity index (χ3v) is 11.8. The van der Waals surface area contributed by atoms with Crippen LogP contribution in [0.15, 0.2) is 174 Å². The maximum Gasteiger partial charge on any atom is 0.355 e. The molecule has 284 valence electrons. The molecule has 2 aliphatic rings. The highest BCUT2D eigenvalue weighted by atomic mass is 32.2. The van der Waals surface area contributed by atoms with Gasteiger partial charge in [-0.05, 0) is 33.9 Å².